The number of nitrogens with zero attached hydrogens (tertiary/aromatic N) is 1. The van der Waals surface area contributed by atoms with E-state index in [-0.39, 0.29) is 16.4 Å². The first-order chi connectivity index (χ1) is 12.9. The molecule has 3 rings (SSSR count). The second kappa shape index (κ2) is 8.10. The van der Waals surface area contributed by atoms with Gasteiger partial charge < -0.3 is 10.0 Å². The maximum Gasteiger partial charge on any atom is 0.335 e. The molecule has 2 aromatic rings. The van der Waals surface area contributed by atoms with Crippen molar-refractivity contribution in [1.29, 1.82) is 0 Å². The average Bonchev–Trinajstić information content (AvgIpc) is 3.16. The van der Waals surface area contributed by atoms with Crippen molar-refractivity contribution in [3.63, 3.8) is 0 Å². The number of carboxylic acids is 1. The molecule has 144 valence electrons. The van der Waals surface area contributed by atoms with E-state index in [2.05, 4.69) is 21.8 Å². The summed E-state index contributed by atoms with van der Waals surface area (Å²) in [4.78, 5) is 13.5. The summed E-state index contributed by atoms with van der Waals surface area (Å²) >= 11 is 0. The van der Waals surface area contributed by atoms with Crippen molar-refractivity contribution in [1.82, 2.24) is 4.72 Å². The van der Waals surface area contributed by atoms with Crippen LogP contribution in [0.2, 0.25) is 0 Å². The van der Waals surface area contributed by atoms with E-state index in [4.69, 9.17) is 5.11 Å². The van der Waals surface area contributed by atoms with Crippen LogP contribution in [0.4, 0.5) is 5.69 Å². The SMILES string of the molecule is CCc1ccc(C(=O)O)cc1S(=O)(=O)NCC1CCN(c2ccccc2)C1. The van der Waals surface area contributed by atoms with Gasteiger partial charge in [-0.2, -0.15) is 0 Å². The van der Waals surface area contributed by atoms with Crippen LogP contribution in [0.15, 0.2) is 53.4 Å². The fourth-order valence-electron chi connectivity index (χ4n) is 3.41. The van der Waals surface area contributed by atoms with E-state index in [1.165, 1.54) is 12.1 Å². The molecular weight excluding hydrogens is 364 g/mol. The van der Waals surface area contributed by atoms with Crippen LogP contribution in [0.1, 0.15) is 29.3 Å². The van der Waals surface area contributed by atoms with Gasteiger partial charge in [-0.3, -0.25) is 0 Å². The summed E-state index contributed by atoms with van der Waals surface area (Å²) in [6.45, 7) is 3.88. The Bertz CT molecular complexity index is 913. The summed E-state index contributed by atoms with van der Waals surface area (Å²) in [6.07, 6.45) is 1.43. The fraction of sp³-hybridized carbons (Fsp3) is 0.350. The summed E-state index contributed by atoms with van der Waals surface area (Å²) in [7, 11) is -3.76. The zero-order valence-electron chi connectivity index (χ0n) is 15.3. The predicted octanol–water partition coefficient (Wildman–Crippen LogP) is 2.75. The highest BCUT2D eigenvalue weighted by Gasteiger charge is 2.26. The molecule has 27 heavy (non-hydrogen) atoms. The number of sulfonamides is 1. The monoisotopic (exact) mass is 388 g/mol. The molecule has 1 aliphatic rings. The zero-order chi connectivity index (χ0) is 19.4. The molecule has 1 aliphatic heterocycles. The Morgan fingerprint density at radius 3 is 2.63 bits per heavy atom. The summed E-state index contributed by atoms with van der Waals surface area (Å²) < 4.78 is 28.2. The second-order valence-corrected chi connectivity index (χ2v) is 8.50. The van der Waals surface area contributed by atoms with Gasteiger partial charge in [-0.15, -0.1) is 0 Å². The van der Waals surface area contributed by atoms with Gasteiger partial charge in [0.2, 0.25) is 10.0 Å². The molecule has 0 spiro atoms. The van der Waals surface area contributed by atoms with Crippen LogP contribution in [0, 0.1) is 5.92 Å². The van der Waals surface area contributed by atoms with Crippen LogP contribution in [-0.2, 0) is 16.4 Å². The van der Waals surface area contributed by atoms with Gasteiger partial charge in [-0.05, 0) is 48.6 Å². The lowest BCUT2D eigenvalue weighted by Crippen LogP contribution is -2.31. The molecule has 7 heteroatoms. The van der Waals surface area contributed by atoms with Crippen LogP contribution in [0.5, 0.6) is 0 Å². The molecular formula is C20H24N2O4S. The van der Waals surface area contributed by atoms with E-state index in [9.17, 15) is 13.2 Å². The molecule has 0 amide bonds. The second-order valence-electron chi connectivity index (χ2n) is 6.77. The van der Waals surface area contributed by atoms with Crippen molar-refractivity contribution < 1.29 is 18.3 Å². The molecule has 1 atom stereocenters. The first-order valence-electron chi connectivity index (χ1n) is 9.06. The molecule has 0 saturated carbocycles. The topological polar surface area (TPSA) is 86.7 Å². The lowest BCUT2D eigenvalue weighted by Gasteiger charge is -2.19. The van der Waals surface area contributed by atoms with Crippen LogP contribution >= 0.6 is 0 Å². The van der Waals surface area contributed by atoms with Gasteiger partial charge in [0.25, 0.3) is 0 Å². The Morgan fingerprint density at radius 2 is 1.96 bits per heavy atom. The number of anilines is 1. The van der Waals surface area contributed by atoms with Crippen molar-refractivity contribution in [3.8, 4) is 0 Å². The van der Waals surface area contributed by atoms with Crippen LogP contribution < -0.4 is 9.62 Å². The van der Waals surface area contributed by atoms with E-state index in [1.54, 1.807) is 6.07 Å². The molecule has 0 aliphatic carbocycles. The Hall–Kier alpha value is -2.38. The highest BCUT2D eigenvalue weighted by molar-refractivity contribution is 7.89. The number of aromatic carboxylic acids is 1. The van der Waals surface area contributed by atoms with Crippen molar-refractivity contribution >= 4 is 21.7 Å². The number of carbonyl (C=O) groups is 1. The summed E-state index contributed by atoms with van der Waals surface area (Å²) in [5.74, 6) is -0.920. The Kier molecular flexibility index (Phi) is 5.82. The normalized spacial score (nSPS) is 17.2. The molecule has 0 bridgehead atoms. The first-order valence-corrected chi connectivity index (χ1v) is 10.5. The molecule has 1 fully saturated rings. The Labute approximate surface area is 159 Å². The minimum atomic E-state index is -3.76. The highest BCUT2D eigenvalue weighted by Crippen LogP contribution is 2.24. The van der Waals surface area contributed by atoms with Gasteiger partial charge >= 0.3 is 5.97 Å². The lowest BCUT2D eigenvalue weighted by atomic mass is 10.1. The number of hydrogen-bond acceptors (Lipinski definition) is 4. The van der Waals surface area contributed by atoms with Crippen LogP contribution in [0.25, 0.3) is 0 Å². The molecule has 1 saturated heterocycles. The largest absolute Gasteiger partial charge is 0.478 e. The Morgan fingerprint density at radius 1 is 1.22 bits per heavy atom. The minimum Gasteiger partial charge on any atom is -0.478 e. The first kappa shape index (κ1) is 19.4. The summed E-state index contributed by atoms with van der Waals surface area (Å²) in [6, 6.07) is 14.3. The smallest absolute Gasteiger partial charge is 0.335 e. The third-order valence-electron chi connectivity index (χ3n) is 4.95. The quantitative estimate of drug-likeness (QED) is 0.762. The molecule has 0 aromatic heterocycles. The van der Waals surface area contributed by atoms with E-state index in [0.717, 1.165) is 25.2 Å². The molecule has 0 radical (unpaired) electrons. The maximum absolute atomic E-state index is 12.8. The number of rotatable bonds is 7. The number of benzene rings is 2. The molecule has 6 nitrogen and oxygen atoms in total. The number of para-hydroxylation sites is 1. The highest BCUT2D eigenvalue weighted by atomic mass is 32.2. The van der Waals surface area contributed by atoms with Crippen LogP contribution in [0.3, 0.4) is 0 Å². The number of aryl methyl sites for hydroxylation is 1. The van der Waals surface area contributed by atoms with Gasteiger partial charge in [-0.25, -0.2) is 17.9 Å². The van der Waals surface area contributed by atoms with Gasteiger partial charge in [0.05, 0.1) is 10.5 Å². The van der Waals surface area contributed by atoms with E-state index in [1.807, 2.05) is 25.1 Å². The fourth-order valence-corrected chi connectivity index (χ4v) is 4.86. The maximum atomic E-state index is 12.8. The molecule has 1 heterocycles. The zero-order valence-corrected chi connectivity index (χ0v) is 16.1. The third-order valence-corrected chi connectivity index (χ3v) is 6.46. The minimum absolute atomic E-state index is 0.0244. The summed E-state index contributed by atoms with van der Waals surface area (Å²) in [5, 5.41) is 9.16. The van der Waals surface area contributed by atoms with Gasteiger partial charge in [0.15, 0.2) is 0 Å². The van der Waals surface area contributed by atoms with Gasteiger partial charge in [-0.1, -0.05) is 31.2 Å². The van der Waals surface area contributed by atoms with Crippen molar-refractivity contribution in [2.24, 2.45) is 5.92 Å². The van der Waals surface area contributed by atoms with E-state index in [0.29, 0.717) is 18.5 Å². The number of nitrogens with one attached hydrogen (secondary N) is 1. The number of carboxylic acid groups (broad SMARTS) is 1. The third kappa shape index (κ3) is 4.48. The van der Waals surface area contributed by atoms with Crippen LogP contribution in [-0.4, -0.2) is 39.1 Å². The predicted molar refractivity (Wildman–Crippen MR) is 105 cm³/mol. The van der Waals surface area contributed by atoms with Gasteiger partial charge in [0.1, 0.15) is 0 Å². The average molecular weight is 388 g/mol. The number of hydrogen-bond donors (Lipinski definition) is 2. The molecule has 2 N–H and O–H groups in total. The van der Waals surface area contributed by atoms with Gasteiger partial charge in [0, 0.05) is 25.3 Å². The molecule has 2 aromatic carbocycles. The van der Waals surface area contributed by atoms with E-state index >= 15 is 0 Å². The molecule has 1 unspecified atom stereocenters. The van der Waals surface area contributed by atoms with Crippen molar-refractivity contribution in [2.45, 2.75) is 24.7 Å². The Balaban J connectivity index is 1.69. The van der Waals surface area contributed by atoms with Crippen molar-refractivity contribution in [2.75, 3.05) is 24.5 Å². The standard InChI is InChI=1S/C20H24N2O4S/c1-2-16-8-9-17(20(23)24)12-19(16)27(25,26)21-13-15-10-11-22(14-15)18-6-4-3-5-7-18/h3-9,12,15,21H,2,10-11,13-14H2,1H3,(H,23,24). The van der Waals surface area contributed by atoms with Crippen molar-refractivity contribution in [3.05, 3.63) is 59.7 Å². The van der Waals surface area contributed by atoms with E-state index < -0.39 is 16.0 Å². The lowest BCUT2D eigenvalue weighted by molar-refractivity contribution is 0.0696. The summed E-state index contributed by atoms with van der Waals surface area (Å²) in [5.41, 5.74) is 1.74.